The van der Waals surface area contributed by atoms with E-state index in [1.807, 2.05) is 18.2 Å². The van der Waals surface area contributed by atoms with Crippen LogP contribution in [0.3, 0.4) is 0 Å². The molecule has 0 saturated carbocycles. The summed E-state index contributed by atoms with van der Waals surface area (Å²) in [6, 6.07) is 23.3. The Labute approximate surface area is 169 Å². The Morgan fingerprint density at radius 1 is 0.586 bits per heavy atom. The Morgan fingerprint density at radius 3 is 1.14 bits per heavy atom. The molecule has 8 heteroatoms. The Kier molecular flexibility index (Phi) is 10.8. The molecule has 0 radical (unpaired) electrons. The normalized spacial score (nSPS) is 8.69. The third kappa shape index (κ3) is 11.8. The minimum atomic E-state index is 0.729. The largest absolute Gasteiger partial charge is 0.399 e. The fourth-order valence-electron chi connectivity index (χ4n) is 1.69. The first kappa shape index (κ1) is 22.7. The molecule has 8 nitrogen and oxygen atoms in total. The standard InChI is InChI=1S/C7H6O.2C6H8N2.C2H3N3/c8-6-7-4-2-1-3-5-7;2*7-5-1-2-6(8)4-3-5;1-2-4-5-3-1/h1-6H;2*1-4H,7-8H2;1-2H,(H,3,4,5). The molecule has 0 bridgehead atoms. The molecule has 0 fully saturated rings. The van der Waals surface area contributed by atoms with E-state index in [0.717, 1.165) is 34.6 Å². The van der Waals surface area contributed by atoms with Crippen LogP contribution >= 0.6 is 0 Å². The predicted octanol–water partition coefficient (Wildman–Crippen LogP) is 3.01. The zero-order valence-corrected chi connectivity index (χ0v) is 15.8. The fourth-order valence-corrected chi connectivity index (χ4v) is 1.69. The summed E-state index contributed by atoms with van der Waals surface area (Å²) in [6.07, 6.45) is 4.00. The highest BCUT2D eigenvalue weighted by molar-refractivity contribution is 5.74. The highest BCUT2D eigenvalue weighted by Crippen LogP contribution is 2.05. The van der Waals surface area contributed by atoms with Gasteiger partial charge in [-0.3, -0.25) is 4.79 Å². The number of aromatic amines is 1. The molecule has 0 amide bonds. The van der Waals surface area contributed by atoms with Crippen molar-refractivity contribution < 1.29 is 4.79 Å². The van der Waals surface area contributed by atoms with Crippen LogP contribution in [0.1, 0.15) is 10.4 Å². The SMILES string of the molecule is Nc1ccc(N)cc1.Nc1ccc(N)cc1.O=Cc1ccccc1.c1cn[nH]n1. The zero-order chi connectivity index (χ0) is 21.3. The maximum Gasteiger partial charge on any atom is 0.150 e. The van der Waals surface area contributed by atoms with Crippen molar-refractivity contribution in [1.82, 2.24) is 15.4 Å². The Hall–Kier alpha value is -4.33. The Bertz CT molecular complexity index is 791. The van der Waals surface area contributed by atoms with Crippen molar-refractivity contribution in [3.05, 3.63) is 96.8 Å². The van der Waals surface area contributed by atoms with Gasteiger partial charge in [-0.15, -0.1) is 0 Å². The van der Waals surface area contributed by atoms with Gasteiger partial charge in [0.15, 0.2) is 0 Å². The summed E-state index contributed by atoms with van der Waals surface area (Å²) < 4.78 is 0. The van der Waals surface area contributed by atoms with Crippen LogP contribution in [0.2, 0.25) is 0 Å². The van der Waals surface area contributed by atoms with Gasteiger partial charge in [0.05, 0.1) is 12.4 Å². The fraction of sp³-hybridized carbons (Fsp3) is 0. The summed E-state index contributed by atoms with van der Waals surface area (Å²) in [7, 11) is 0. The lowest BCUT2D eigenvalue weighted by atomic mass is 10.2. The van der Waals surface area contributed by atoms with E-state index in [4.69, 9.17) is 22.9 Å². The number of hydrogen-bond donors (Lipinski definition) is 5. The molecule has 0 saturated heterocycles. The summed E-state index contributed by atoms with van der Waals surface area (Å²) in [6.45, 7) is 0. The molecular formula is C21H25N7O. The number of rotatable bonds is 1. The molecule has 4 aromatic rings. The molecule has 1 aromatic heterocycles. The van der Waals surface area contributed by atoms with Crippen molar-refractivity contribution in [2.45, 2.75) is 0 Å². The van der Waals surface area contributed by atoms with Gasteiger partial charge in [-0.25, -0.2) is 0 Å². The van der Waals surface area contributed by atoms with Crippen LogP contribution in [0, 0.1) is 0 Å². The van der Waals surface area contributed by atoms with Crippen LogP contribution in [0.15, 0.2) is 91.3 Å². The summed E-state index contributed by atoms with van der Waals surface area (Å²) in [5.41, 5.74) is 25.2. The van der Waals surface area contributed by atoms with Gasteiger partial charge >= 0.3 is 0 Å². The zero-order valence-electron chi connectivity index (χ0n) is 15.8. The monoisotopic (exact) mass is 391 g/mol. The number of nitrogens with one attached hydrogen (secondary N) is 1. The number of hydrogen-bond acceptors (Lipinski definition) is 7. The molecule has 1 heterocycles. The maximum atomic E-state index is 10.0. The van der Waals surface area contributed by atoms with Gasteiger partial charge in [-0.2, -0.15) is 15.4 Å². The van der Waals surface area contributed by atoms with E-state index in [-0.39, 0.29) is 0 Å². The number of carbonyl (C=O) groups excluding carboxylic acids is 1. The second kappa shape index (κ2) is 13.8. The van der Waals surface area contributed by atoms with E-state index >= 15 is 0 Å². The number of benzene rings is 3. The first-order chi connectivity index (χ1) is 14.0. The van der Waals surface area contributed by atoms with Crippen molar-refractivity contribution in [3.63, 3.8) is 0 Å². The number of H-pyrrole nitrogens is 1. The number of nitrogens with two attached hydrogens (primary N) is 4. The lowest BCUT2D eigenvalue weighted by Gasteiger charge is -1.90. The molecule has 3 aromatic carbocycles. The maximum absolute atomic E-state index is 10.0. The van der Waals surface area contributed by atoms with E-state index in [2.05, 4.69) is 15.4 Å². The first-order valence-corrected chi connectivity index (χ1v) is 8.53. The van der Waals surface area contributed by atoms with Gasteiger partial charge in [0, 0.05) is 28.3 Å². The highest BCUT2D eigenvalue weighted by atomic mass is 16.1. The molecule has 0 unspecified atom stereocenters. The van der Waals surface area contributed by atoms with Crippen LogP contribution in [0.4, 0.5) is 22.7 Å². The molecule has 0 spiro atoms. The second-order valence-electron chi connectivity index (χ2n) is 5.52. The van der Waals surface area contributed by atoms with Crippen LogP contribution in [0.25, 0.3) is 0 Å². The van der Waals surface area contributed by atoms with E-state index < -0.39 is 0 Å². The van der Waals surface area contributed by atoms with Crippen molar-refractivity contribution in [2.24, 2.45) is 0 Å². The average molecular weight is 391 g/mol. The van der Waals surface area contributed by atoms with Crippen LogP contribution < -0.4 is 22.9 Å². The summed E-state index contributed by atoms with van der Waals surface area (Å²) in [5.74, 6) is 0. The summed E-state index contributed by atoms with van der Waals surface area (Å²) in [4.78, 5) is 10.0. The summed E-state index contributed by atoms with van der Waals surface area (Å²) >= 11 is 0. The second-order valence-corrected chi connectivity index (χ2v) is 5.52. The smallest absolute Gasteiger partial charge is 0.150 e. The van der Waals surface area contributed by atoms with Gasteiger partial charge in [-0.05, 0) is 48.5 Å². The number of anilines is 4. The first-order valence-electron chi connectivity index (χ1n) is 8.53. The van der Waals surface area contributed by atoms with Gasteiger partial charge in [-0.1, -0.05) is 30.3 Å². The van der Waals surface area contributed by atoms with E-state index in [1.54, 1.807) is 73.1 Å². The minimum Gasteiger partial charge on any atom is -0.399 e. The number of nitrogens with zero attached hydrogens (tertiary/aromatic N) is 2. The van der Waals surface area contributed by atoms with Crippen LogP contribution in [-0.4, -0.2) is 21.7 Å². The third-order valence-corrected chi connectivity index (χ3v) is 3.14. The molecule has 0 aliphatic heterocycles. The van der Waals surface area contributed by atoms with Gasteiger partial charge < -0.3 is 22.9 Å². The summed E-state index contributed by atoms with van der Waals surface area (Å²) in [5, 5.41) is 9.33. The topological polar surface area (TPSA) is 163 Å². The lowest BCUT2D eigenvalue weighted by Crippen LogP contribution is -1.86. The van der Waals surface area contributed by atoms with Crippen LogP contribution in [0.5, 0.6) is 0 Å². The van der Waals surface area contributed by atoms with Crippen molar-refractivity contribution in [3.8, 4) is 0 Å². The number of aldehydes is 1. The number of carbonyl (C=O) groups is 1. The molecule has 0 aliphatic rings. The van der Waals surface area contributed by atoms with E-state index in [9.17, 15) is 4.79 Å². The molecular weight excluding hydrogens is 366 g/mol. The van der Waals surface area contributed by atoms with Gasteiger partial charge in [0.25, 0.3) is 0 Å². The minimum absolute atomic E-state index is 0.729. The van der Waals surface area contributed by atoms with Crippen molar-refractivity contribution >= 4 is 29.0 Å². The predicted molar refractivity (Wildman–Crippen MR) is 119 cm³/mol. The molecule has 0 atom stereocenters. The highest BCUT2D eigenvalue weighted by Gasteiger charge is 1.81. The lowest BCUT2D eigenvalue weighted by molar-refractivity contribution is 0.112. The van der Waals surface area contributed by atoms with E-state index in [0.29, 0.717) is 0 Å². The molecule has 29 heavy (non-hydrogen) atoms. The van der Waals surface area contributed by atoms with Gasteiger partial charge in [0.1, 0.15) is 6.29 Å². The number of aromatic nitrogens is 3. The molecule has 0 aliphatic carbocycles. The quantitative estimate of drug-likeness (QED) is 0.246. The average Bonchev–Trinajstić information content (AvgIpc) is 3.34. The molecule has 150 valence electrons. The van der Waals surface area contributed by atoms with Gasteiger partial charge in [0.2, 0.25) is 0 Å². The van der Waals surface area contributed by atoms with Crippen molar-refractivity contribution in [1.29, 1.82) is 0 Å². The molecule has 4 rings (SSSR count). The Morgan fingerprint density at radius 2 is 0.931 bits per heavy atom. The van der Waals surface area contributed by atoms with Crippen LogP contribution in [-0.2, 0) is 0 Å². The van der Waals surface area contributed by atoms with E-state index in [1.165, 1.54) is 0 Å². The van der Waals surface area contributed by atoms with Crippen molar-refractivity contribution in [2.75, 3.05) is 22.9 Å². The molecule has 9 N–H and O–H groups in total. The third-order valence-electron chi connectivity index (χ3n) is 3.14. The Balaban J connectivity index is 0.000000196. The number of nitrogen functional groups attached to an aromatic ring is 4.